The molecule has 0 saturated heterocycles. The van der Waals surface area contributed by atoms with E-state index in [9.17, 15) is 14.9 Å². The maximum absolute atomic E-state index is 11.0. The molecule has 21 heavy (non-hydrogen) atoms. The van der Waals surface area contributed by atoms with Crippen LogP contribution in [0.15, 0.2) is 34.9 Å². The van der Waals surface area contributed by atoms with Gasteiger partial charge in [-0.2, -0.15) is 0 Å². The van der Waals surface area contributed by atoms with Gasteiger partial charge in [-0.05, 0) is 40.5 Å². The predicted octanol–water partition coefficient (Wildman–Crippen LogP) is 3.55. The Morgan fingerprint density at radius 2 is 2.14 bits per heavy atom. The van der Waals surface area contributed by atoms with Crippen molar-refractivity contribution in [1.82, 2.24) is 4.98 Å². The molecule has 0 saturated carbocycles. The van der Waals surface area contributed by atoms with E-state index in [4.69, 9.17) is 9.84 Å². The first kappa shape index (κ1) is 14.9. The molecule has 1 aromatic heterocycles. The third kappa shape index (κ3) is 3.34. The van der Waals surface area contributed by atoms with Crippen LogP contribution in [0.3, 0.4) is 0 Å². The highest BCUT2D eigenvalue weighted by Crippen LogP contribution is 2.33. The molecule has 1 heterocycles. The zero-order valence-corrected chi connectivity index (χ0v) is 12.3. The van der Waals surface area contributed by atoms with Gasteiger partial charge in [0, 0.05) is 16.7 Å². The van der Waals surface area contributed by atoms with E-state index in [1.807, 2.05) is 0 Å². The van der Waals surface area contributed by atoms with Crippen LogP contribution in [0, 0.1) is 17.0 Å². The highest BCUT2D eigenvalue weighted by molar-refractivity contribution is 9.10. The number of hydrogen-bond donors (Lipinski definition) is 1. The first-order valence-electron chi connectivity index (χ1n) is 5.70. The van der Waals surface area contributed by atoms with Crippen molar-refractivity contribution < 1.29 is 19.6 Å². The molecule has 0 aliphatic heterocycles. The number of carboxylic acid groups (broad SMARTS) is 1. The Kier molecular flexibility index (Phi) is 4.18. The number of pyridine rings is 1. The van der Waals surface area contributed by atoms with E-state index < -0.39 is 10.9 Å². The van der Waals surface area contributed by atoms with Crippen LogP contribution in [0.25, 0.3) is 0 Å². The minimum absolute atomic E-state index is 0.0235. The summed E-state index contributed by atoms with van der Waals surface area (Å²) in [6.45, 7) is 1.70. The lowest BCUT2D eigenvalue weighted by molar-refractivity contribution is -0.386. The number of rotatable bonds is 4. The fraction of sp³-hybridized carbons (Fsp3) is 0.0769. The predicted molar refractivity (Wildman–Crippen MR) is 76.8 cm³/mol. The number of aromatic carboxylic acids is 1. The van der Waals surface area contributed by atoms with E-state index in [2.05, 4.69) is 20.9 Å². The number of nitro groups is 1. The number of nitrogens with zero attached hydrogens (tertiary/aromatic N) is 2. The van der Waals surface area contributed by atoms with Crippen LogP contribution in [0.1, 0.15) is 15.9 Å². The van der Waals surface area contributed by atoms with Gasteiger partial charge in [-0.25, -0.2) is 9.78 Å². The quantitative estimate of drug-likeness (QED) is 0.666. The van der Waals surface area contributed by atoms with Crippen LogP contribution >= 0.6 is 15.9 Å². The lowest BCUT2D eigenvalue weighted by Gasteiger charge is -2.09. The molecular formula is C13H9BrN2O5. The van der Waals surface area contributed by atoms with Crippen molar-refractivity contribution in [3.8, 4) is 11.6 Å². The summed E-state index contributed by atoms with van der Waals surface area (Å²) in [7, 11) is 0. The van der Waals surface area contributed by atoms with Crippen molar-refractivity contribution in [2.75, 3.05) is 0 Å². The summed E-state index contributed by atoms with van der Waals surface area (Å²) in [5.41, 5.74) is 0.346. The van der Waals surface area contributed by atoms with Gasteiger partial charge < -0.3 is 9.84 Å². The average Bonchev–Trinajstić information content (AvgIpc) is 2.42. The highest BCUT2D eigenvalue weighted by Gasteiger charge is 2.19. The van der Waals surface area contributed by atoms with Gasteiger partial charge in [0.15, 0.2) is 0 Å². The van der Waals surface area contributed by atoms with E-state index in [-0.39, 0.29) is 22.9 Å². The number of carboxylic acids is 1. The minimum atomic E-state index is -1.11. The second-order valence-electron chi connectivity index (χ2n) is 4.12. The van der Waals surface area contributed by atoms with Crippen LogP contribution < -0.4 is 4.74 Å². The lowest BCUT2D eigenvalue weighted by Crippen LogP contribution is -2.00. The third-order valence-corrected chi connectivity index (χ3v) is 3.07. The van der Waals surface area contributed by atoms with E-state index >= 15 is 0 Å². The van der Waals surface area contributed by atoms with Crippen molar-refractivity contribution in [2.45, 2.75) is 6.92 Å². The molecule has 7 nitrogen and oxygen atoms in total. The van der Waals surface area contributed by atoms with Crippen molar-refractivity contribution in [3.05, 3.63) is 56.2 Å². The number of ether oxygens (including phenoxy) is 1. The molecule has 8 heteroatoms. The summed E-state index contributed by atoms with van der Waals surface area (Å²) < 4.78 is 5.85. The zero-order valence-electron chi connectivity index (χ0n) is 10.7. The highest BCUT2D eigenvalue weighted by atomic mass is 79.9. The van der Waals surface area contributed by atoms with Gasteiger partial charge in [0.2, 0.25) is 0 Å². The molecule has 0 aliphatic carbocycles. The fourth-order valence-electron chi connectivity index (χ4n) is 1.57. The van der Waals surface area contributed by atoms with Crippen molar-refractivity contribution in [3.63, 3.8) is 0 Å². The Morgan fingerprint density at radius 1 is 1.43 bits per heavy atom. The van der Waals surface area contributed by atoms with Gasteiger partial charge in [0.25, 0.3) is 5.88 Å². The molecule has 2 rings (SSSR count). The van der Waals surface area contributed by atoms with Gasteiger partial charge in [-0.3, -0.25) is 10.1 Å². The summed E-state index contributed by atoms with van der Waals surface area (Å²) in [5.74, 6) is -1.11. The second kappa shape index (κ2) is 5.88. The first-order valence-corrected chi connectivity index (χ1v) is 6.49. The molecule has 0 unspecified atom stereocenters. The summed E-state index contributed by atoms with van der Waals surface area (Å²) in [5, 5.41) is 20.0. The van der Waals surface area contributed by atoms with E-state index in [0.29, 0.717) is 10.0 Å². The Bertz CT molecular complexity index is 732. The van der Waals surface area contributed by atoms with Gasteiger partial charge in [-0.15, -0.1) is 0 Å². The maximum atomic E-state index is 11.0. The maximum Gasteiger partial charge on any atom is 0.335 e. The van der Waals surface area contributed by atoms with Gasteiger partial charge in [0.1, 0.15) is 5.75 Å². The molecule has 0 atom stereocenters. The standard InChI is InChI=1S/C13H9BrN2O5/c1-7-2-3-8(13(17)18)4-11(7)21-12-10(16(19)20)5-9(14)6-15-12/h2-6H,1H3,(H,17,18). The first-order chi connectivity index (χ1) is 9.88. The Balaban J connectivity index is 2.45. The summed E-state index contributed by atoms with van der Waals surface area (Å²) in [4.78, 5) is 25.2. The summed E-state index contributed by atoms with van der Waals surface area (Å²) in [6, 6.07) is 5.54. The normalized spacial score (nSPS) is 10.2. The van der Waals surface area contributed by atoms with Crippen LogP contribution in [0.2, 0.25) is 0 Å². The molecule has 2 aromatic rings. The molecule has 1 aromatic carbocycles. The van der Waals surface area contributed by atoms with Crippen LogP contribution in [0.4, 0.5) is 5.69 Å². The average molecular weight is 353 g/mol. The molecule has 108 valence electrons. The fourth-order valence-corrected chi connectivity index (χ4v) is 1.89. The van der Waals surface area contributed by atoms with Crippen LogP contribution in [-0.2, 0) is 0 Å². The Morgan fingerprint density at radius 3 is 2.76 bits per heavy atom. The molecule has 0 aliphatic rings. The van der Waals surface area contributed by atoms with Crippen molar-refractivity contribution in [2.24, 2.45) is 0 Å². The minimum Gasteiger partial charge on any atom is -0.478 e. The molecule has 0 bridgehead atoms. The largest absolute Gasteiger partial charge is 0.478 e. The van der Waals surface area contributed by atoms with Crippen LogP contribution in [-0.4, -0.2) is 21.0 Å². The van der Waals surface area contributed by atoms with Crippen molar-refractivity contribution in [1.29, 1.82) is 0 Å². The molecule has 1 N–H and O–H groups in total. The van der Waals surface area contributed by atoms with E-state index in [0.717, 1.165) is 0 Å². The van der Waals surface area contributed by atoms with Gasteiger partial charge in [-0.1, -0.05) is 6.07 Å². The van der Waals surface area contributed by atoms with Gasteiger partial charge >= 0.3 is 11.7 Å². The molecule has 0 radical (unpaired) electrons. The zero-order chi connectivity index (χ0) is 15.6. The lowest BCUT2D eigenvalue weighted by atomic mass is 10.1. The van der Waals surface area contributed by atoms with E-state index in [1.165, 1.54) is 24.4 Å². The SMILES string of the molecule is Cc1ccc(C(=O)O)cc1Oc1ncc(Br)cc1[N+](=O)[O-]. The number of halogens is 1. The molecule has 0 fully saturated rings. The smallest absolute Gasteiger partial charge is 0.335 e. The number of carbonyl (C=O) groups is 1. The molecule has 0 spiro atoms. The van der Waals surface area contributed by atoms with Crippen molar-refractivity contribution >= 4 is 27.6 Å². The topological polar surface area (TPSA) is 103 Å². The number of aromatic nitrogens is 1. The molecular weight excluding hydrogens is 344 g/mol. The Labute approximate surface area is 127 Å². The third-order valence-electron chi connectivity index (χ3n) is 2.64. The Hall–Kier alpha value is -2.48. The molecule has 0 amide bonds. The van der Waals surface area contributed by atoms with Crippen LogP contribution in [0.5, 0.6) is 11.6 Å². The number of benzene rings is 1. The van der Waals surface area contributed by atoms with Gasteiger partial charge in [0.05, 0.1) is 10.5 Å². The second-order valence-corrected chi connectivity index (χ2v) is 5.04. The monoisotopic (exact) mass is 352 g/mol. The number of aryl methyl sites for hydroxylation is 1. The van der Waals surface area contributed by atoms with E-state index in [1.54, 1.807) is 13.0 Å². The summed E-state index contributed by atoms with van der Waals surface area (Å²) >= 11 is 3.09. The number of hydrogen-bond acceptors (Lipinski definition) is 5. The summed E-state index contributed by atoms with van der Waals surface area (Å²) in [6.07, 6.45) is 1.36.